The maximum Gasteiger partial charge on any atom is 0.222 e. The van der Waals surface area contributed by atoms with Crippen LogP contribution in [0.3, 0.4) is 0 Å². The average molecular weight is 300 g/mol. The number of hydrogen-bond donors (Lipinski definition) is 2. The highest BCUT2D eigenvalue weighted by Gasteiger charge is 2.15. The summed E-state index contributed by atoms with van der Waals surface area (Å²) in [6.07, 6.45) is 1.39. The number of benzene rings is 1. The molecule has 0 aliphatic carbocycles. The topological polar surface area (TPSA) is 87.0 Å². The molecule has 6 heteroatoms. The normalized spacial score (nSPS) is 10.2. The number of rotatable bonds is 3. The van der Waals surface area contributed by atoms with Crippen LogP contribution in [0.5, 0.6) is 11.5 Å². The molecule has 1 heterocycles. The Labute approximate surface area is 128 Å². The minimum Gasteiger partial charge on any atom is -0.451 e. The molecule has 0 aliphatic heterocycles. The third-order valence-electron chi connectivity index (χ3n) is 3.00. The van der Waals surface area contributed by atoms with Crippen LogP contribution >= 0.6 is 0 Å². The van der Waals surface area contributed by atoms with Crippen molar-refractivity contribution in [3.05, 3.63) is 35.3 Å². The predicted molar refractivity (Wildman–Crippen MR) is 84.0 cm³/mol. The summed E-state index contributed by atoms with van der Waals surface area (Å²) in [5.74, 6) is 5.96. The van der Waals surface area contributed by atoms with Gasteiger partial charge in [0.1, 0.15) is 11.6 Å². The number of ether oxygens (including phenoxy) is 1. The first kappa shape index (κ1) is 15.6. The number of nitrogens with two attached hydrogens (primary N) is 2. The van der Waals surface area contributed by atoms with Gasteiger partial charge in [-0.15, -0.1) is 5.92 Å². The van der Waals surface area contributed by atoms with Crippen LogP contribution in [0, 0.1) is 17.7 Å². The second-order valence-corrected chi connectivity index (χ2v) is 4.98. The van der Waals surface area contributed by atoms with E-state index >= 15 is 0 Å². The van der Waals surface area contributed by atoms with E-state index < -0.39 is 0 Å². The molecule has 0 atom stereocenters. The van der Waals surface area contributed by atoms with E-state index in [2.05, 4.69) is 21.8 Å². The van der Waals surface area contributed by atoms with E-state index in [1.54, 1.807) is 13.0 Å². The Hall–Kier alpha value is -2.81. The minimum absolute atomic E-state index is 0.0593. The zero-order chi connectivity index (χ0) is 16.3. The van der Waals surface area contributed by atoms with Crippen molar-refractivity contribution < 1.29 is 9.13 Å². The summed E-state index contributed by atoms with van der Waals surface area (Å²) >= 11 is 0. The number of nitrogen functional groups attached to an aromatic ring is 2. The molecule has 22 heavy (non-hydrogen) atoms. The van der Waals surface area contributed by atoms with E-state index in [-0.39, 0.29) is 34.8 Å². The fraction of sp³-hybridized carbons (Fsp3) is 0.250. The Bertz CT molecular complexity index is 763. The molecule has 0 fully saturated rings. The number of hydrogen-bond acceptors (Lipinski definition) is 5. The smallest absolute Gasteiger partial charge is 0.222 e. The zero-order valence-electron chi connectivity index (χ0n) is 12.6. The molecule has 2 rings (SSSR count). The molecule has 0 bridgehead atoms. The maximum atomic E-state index is 14.0. The Kier molecular flexibility index (Phi) is 4.47. The lowest BCUT2D eigenvalue weighted by Crippen LogP contribution is -2.03. The van der Waals surface area contributed by atoms with Gasteiger partial charge >= 0.3 is 0 Å². The first-order valence-electron chi connectivity index (χ1n) is 6.74. The van der Waals surface area contributed by atoms with Crippen molar-refractivity contribution in [1.29, 1.82) is 0 Å². The quantitative estimate of drug-likeness (QED) is 0.851. The predicted octanol–water partition coefficient (Wildman–Crippen LogP) is 3.07. The van der Waals surface area contributed by atoms with Crippen molar-refractivity contribution in [2.75, 3.05) is 11.5 Å². The molecule has 1 aromatic heterocycles. The van der Waals surface area contributed by atoms with E-state index in [0.717, 1.165) is 0 Å². The van der Waals surface area contributed by atoms with Gasteiger partial charge in [0, 0.05) is 5.56 Å². The largest absolute Gasteiger partial charge is 0.451 e. The second kappa shape index (κ2) is 6.31. The van der Waals surface area contributed by atoms with Gasteiger partial charge in [-0.1, -0.05) is 19.8 Å². The van der Waals surface area contributed by atoms with Gasteiger partial charge in [-0.05, 0) is 25.0 Å². The van der Waals surface area contributed by atoms with Crippen LogP contribution < -0.4 is 16.2 Å². The lowest BCUT2D eigenvalue weighted by atomic mass is 10.00. The van der Waals surface area contributed by atoms with Gasteiger partial charge in [-0.25, -0.2) is 9.37 Å². The van der Waals surface area contributed by atoms with E-state index in [0.29, 0.717) is 11.3 Å². The molecule has 0 radical (unpaired) electrons. The van der Waals surface area contributed by atoms with Gasteiger partial charge in [0.25, 0.3) is 0 Å². The van der Waals surface area contributed by atoms with Crippen molar-refractivity contribution in [3.63, 3.8) is 0 Å². The van der Waals surface area contributed by atoms with Crippen LogP contribution in [0.15, 0.2) is 18.3 Å². The number of anilines is 2. The van der Waals surface area contributed by atoms with Gasteiger partial charge in [0.15, 0.2) is 11.6 Å². The maximum absolute atomic E-state index is 14.0. The molecule has 114 valence electrons. The van der Waals surface area contributed by atoms with Crippen LogP contribution in [0.1, 0.15) is 37.8 Å². The fourth-order valence-electron chi connectivity index (χ4n) is 1.93. The fourth-order valence-corrected chi connectivity index (χ4v) is 1.93. The van der Waals surface area contributed by atoms with Crippen LogP contribution in [-0.4, -0.2) is 9.97 Å². The first-order valence-corrected chi connectivity index (χ1v) is 6.74. The highest BCUT2D eigenvalue weighted by Crippen LogP contribution is 2.34. The molecular formula is C16H17FN4O. The minimum atomic E-state index is -0.382. The highest BCUT2D eigenvalue weighted by molar-refractivity contribution is 5.52. The highest BCUT2D eigenvalue weighted by atomic mass is 19.1. The lowest BCUT2D eigenvalue weighted by Gasteiger charge is -2.15. The molecule has 0 amide bonds. The third kappa shape index (κ3) is 3.26. The SMILES string of the molecule is CC#Cc1cc(Oc2cnc(N)nc2N)c(C(C)C)cc1F. The number of nitrogens with zero attached hydrogens (tertiary/aromatic N) is 2. The van der Waals surface area contributed by atoms with E-state index in [1.165, 1.54) is 12.3 Å². The summed E-state index contributed by atoms with van der Waals surface area (Å²) in [7, 11) is 0. The Morgan fingerprint density at radius 2 is 1.95 bits per heavy atom. The van der Waals surface area contributed by atoms with Crippen LogP contribution in [0.4, 0.5) is 16.2 Å². The Morgan fingerprint density at radius 3 is 2.55 bits per heavy atom. The van der Waals surface area contributed by atoms with E-state index in [4.69, 9.17) is 16.2 Å². The van der Waals surface area contributed by atoms with Gasteiger partial charge in [0.05, 0.1) is 11.8 Å². The standard InChI is InChI=1S/C16H17FN4O/c1-4-5-10-6-13(11(9(2)3)7-12(10)17)22-14-8-20-16(19)21-15(14)18/h6-9H,1-3H3,(H4,18,19,20,21). The Morgan fingerprint density at radius 1 is 1.23 bits per heavy atom. The molecule has 0 unspecified atom stereocenters. The first-order chi connectivity index (χ1) is 10.4. The van der Waals surface area contributed by atoms with Crippen LogP contribution in [0.2, 0.25) is 0 Å². The summed E-state index contributed by atoms with van der Waals surface area (Å²) in [6, 6.07) is 2.98. The lowest BCUT2D eigenvalue weighted by molar-refractivity contribution is 0.468. The average Bonchev–Trinajstić information content (AvgIpc) is 2.45. The van der Waals surface area contributed by atoms with Gasteiger partial charge in [-0.3, -0.25) is 0 Å². The molecule has 0 saturated carbocycles. The molecule has 1 aromatic carbocycles. The van der Waals surface area contributed by atoms with Crippen LogP contribution in [-0.2, 0) is 0 Å². The molecule has 5 nitrogen and oxygen atoms in total. The zero-order valence-corrected chi connectivity index (χ0v) is 12.6. The van der Waals surface area contributed by atoms with Crippen molar-refractivity contribution in [3.8, 4) is 23.3 Å². The molecular weight excluding hydrogens is 283 g/mol. The van der Waals surface area contributed by atoms with E-state index in [1.807, 2.05) is 13.8 Å². The summed E-state index contributed by atoms with van der Waals surface area (Å²) < 4.78 is 19.8. The summed E-state index contributed by atoms with van der Waals surface area (Å²) in [6.45, 7) is 5.52. The molecule has 0 saturated heterocycles. The van der Waals surface area contributed by atoms with Crippen molar-refractivity contribution in [1.82, 2.24) is 9.97 Å². The molecule has 4 N–H and O–H groups in total. The summed E-state index contributed by atoms with van der Waals surface area (Å²) in [4.78, 5) is 7.68. The molecule has 0 aliphatic rings. The Balaban J connectivity index is 2.51. The number of halogens is 1. The van der Waals surface area contributed by atoms with Crippen molar-refractivity contribution >= 4 is 11.8 Å². The van der Waals surface area contributed by atoms with Crippen LogP contribution in [0.25, 0.3) is 0 Å². The van der Waals surface area contributed by atoms with Gasteiger partial charge < -0.3 is 16.2 Å². The van der Waals surface area contributed by atoms with E-state index in [9.17, 15) is 4.39 Å². The second-order valence-electron chi connectivity index (χ2n) is 4.98. The monoisotopic (exact) mass is 300 g/mol. The summed E-state index contributed by atoms with van der Waals surface area (Å²) in [5, 5.41) is 0. The van der Waals surface area contributed by atoms with Crippen molar-refractivity contribution in [2.45, 2.75) is 26.7 Å². The third-order valence-corrected chi connectivity index (χ3v) is 3.00. The number of aromatic nitrogens is 2. The molecule has 2 aromatic rings. The van der Waals surface area contributed by atoms with Gasteiger partial charge in [-0.2, -0.15) is 4.98 Å². The van der Waals surface area contributed by atoms with Gasteiger partial charge in [0.2, 0.25) is 5.95 Å². The molecule has 0 spiro atoms. The summed E-state index contributed by atoms with van der Waals surface area (Å²) in [5.41, 5.74) is 12.2. The van der Waals surface area contributed by atoms with Crippen molar-refractivity contribution in [2.24, 2.45) is 0 Å².